The number of hydrogen-bond donors (Lipinski definition) is 3. The van der Waals surface area contributed by atoms with Gasteiger partial charge in [0.05, 0.1) is 17.3 Å². The van der Waals surface area contributed by atoms with Gasteiger partial charge in [-0.2, -0.15) is 0 Å². The van der Waals surface area contributed by atoms with Gasteiger partial charge < -0.3 is 15.8 Å². The Morgan fingerprint density at radius 1 is 1.07 bits per heavy atom. The molecule has 0 radical (unpaired) electrons. The summed E-state index contributed by atoms with van der Waals surface area (Å²) in [5, 5.41) is 11.0. The predicted molar refractivity (Wildman–Crippen MR) is 97.7 cm³/mol. The molecule has 8 nitrogen and oxygen atoms in total. The average molecular weight is 360 g/mol. The molecule has 0 amide bonds. The quantitative estimate of drug-likeness (QED) is 0.495. The summed E-state index contributed by atoms with van der Waals surface area (Å²) in [7, 11) is 0. The summed E-state index contributed by atoms with van der Waals surface area (Å²) in [6.07, 6.45) is 7.46. The summed E-state index contributed by atoms with van der Waals surface area (Å²) in [6, 6.07) is 10.8. The number of aliphatic carboxylic acids is 1. The number of aromatic amines is 1. The molecule has 4 rings (SSSR count). The van der Waals surface area contributed by atoms with Gasteiger partial charge in [0.25, 0.3) is 0 Å². The third-order valence-electron chi connectivity index (χ3n) is 4.65. The smallest absolute Gasteiger partial charge is 0.331 e. The highest BCUT2D eigenvalue weighted by Gasteiger charge is 2.48. The van der Waals surface area contributed by atoms with Gasteiger partial charge >= 0.3 is 5.97 Å². The van der Waals surface area contributed by atoms with Crippen LogP contribution in [0.1, 0.15) is 22.9 Å². The van der Waals surface area contributed by atoms with Crippen LogP contribution in [0.15, 0.2) is 67.6 Å². The molecule has 1 aromatic carbocycles. The number of carboxylic acids is 1. The fraction of sp³-hybridized carbons (Fsp3) is 0.105. The van der Waals surface area contributed by atoms with Gasteiger partial charge in [-0.3, -0.25) is 0 Å². The van der Waals surface area contributed by atoms with Crippen molar-refractivity contribution in [2.75, 3.05) is 0 Å². The Morgan fingerprint density at radius 2 is 1.81 bits per heavy atom. The van der Waals surface area contributed by atoms with Crippen molar-refractivity contribution in [3.63, 3.8) is 0 Å². The number of nitrogens with two attached hydrogens (primary N) is 1. The van der Waals surface area contributed by atoms with Gasteiger partial charge in [-0.1, -0.05) is 18.2 Å². The molecule has 2 atom stereocenters. The van der Waals surface area contributed by atoms with Crippen LogP contribution in [0.4, 0.5) is 0 Å². The van der Waals surface area contributed by atoms with Gasteiger partial charge in [0.15, 0.2) is 5.54 Å². The van der Waals surface area contributed by atoms with Gasteiger partial charge in [0.2, 0.25) is 0 Å². The molecule has 0 aliphatic carbocycles. The van der Waals surface area contributed by atoms with Crippen molar-refractivity contribution in [1.29, 1.82) is 0 Å². The van der Waals surface area contributed by atoms with Crippen molar-refractivity contribution in [2.24, 2.45) is 5.73 Å². The molecule has 3 aromatic heterocycles. The van der Waals surface area contributed by atoms with Gasteiger partial charge in [-0.15, -0.1) is 0 Å². The molecule has 0 bridgehead atoms. The van der Waals surface area contributed by atoms with Gasteiger partial charge in [-0.25, -0.2) is 24.7 Å². The van der Waals surface area contributed by atoms with E-state index in [4.69, 9.17) is 5.73 Å². The van der Waals surface area contributed by atoms with Crippen molar-refractivity contribution in [3.05, 3.63) is 84.6 Å². The molecule has 4 aromatic rings. The van der Waals surface area contributed by atoms with Crippen molar-refractivity contribution in [3.8, 4) is 0 Å². The van der Waals surface area contributed by atoms with E-state index < -0.39 is 17.4 Å². The van der Waals surface area contributed by atoms with E-state index in [9.17, 15) is 9.90 Å². The number of benzene rings is 1. The van der Waals surface area contributed by atoms with Crippen LogP contribution >= 0.6 is 0 Å². The van der Waals surface area contributed by atoms with E-state index in [1.165, 1.54) is 24.9 Å². The Hall–Kier alpha value is -3.65. The summed E-state index contributed by atoms with van der Waals surface area (Å²) in [5.41, 5.74) is 6.97. The highest BCUT2D eigenvalue weighted by atomic mass is 16.4. The van der Waals surface area contributed by atoms with Crippen LogP contribution < -0.4 is 5.73 Å². The first-order chi connectivity index (χ1) is 13.1. The number of carbonyl (C=O) groups is 1. The molecule has 0 saturated heterocycles. The third kappa shape index (κ3) is 2.72. The second-order valence-electron chi connectivity index (χ2n) is 6.13. The number of hydrogen-bond acceptors (Lipinski definition) is 6. The molecule has 0 saturated carbocycles. The number of nitrogens with one attached hydrogen (secondary N) is 1. The van der Waals surface area contributed by atoms with Crippen LogP contribution in [0.2, 0.25) is 0 Å². The predicted octanol–water partition coefficient (Wildman–Crippen LogP) is 1.82. The number of H-pyrrole nitrogens is 1. The largest absolute Gasteiger partial charge is 0.480 e. The van der Waals surface area contributed by atoms with Gasteiger partial charge in [0.1, 0.15) is 12.7 Å². The summed E-state index contributed by atoms with van der Waals surface area (Å²) >= 11 is 0. The molecule has 134 valence electrons. The summed E-state index contributed by atoms with van der Waals surface area (Å²) in [6.45, 7) is 0. The molecule has 0 aliphatic rings. The second kappa shape index (κ2) is 6.58. The van der Waals surface area contributed by atoms with Crippen molar-refractivity contribution < 1.29 is 9.90 Å². The standard InChI is InChI=1S/C19H16N6O2/c20-19(18(26)27,16-6-8-22-11-25-16)17(15-5-7-21-10-24-15)13-9-23-14-4-2-1-3-12(13)14/h1-11,17,23H,20H2,(H,26,27). The molecule has 0 spiro atoms. The minimum atomic E-state index is -1.86. The van der Waals surface area contributed by atoms with Crippen molar-refractivity contribution in [1.82, 2.24) is 24.9 Å². The number of aromatic nitrogens is 5. The third-order valence-corrected chi connectivity index (χ3v) is 4.65. The molecule has 8 heteroatoms. The minimum Gasteiger partial charge on any atom is -0.480 e. The Bertz CT molecular complexity index is 1080. The minimum absolute atomic E-state index is 0.193. The van der Waals surface area contributed by atoms with Crippen LogP contribution in [0.5, 0.6) is 0 Å². The van der Waals surface area contributed by atoms with Crippen LogP contribution in [-0.4, -0.2) is 36.0 Å². The van der Waals surface area contributed by atoms with Crippen LogP contribution in [0.25, 0.3) is 10.9 Å². The van der Waals surface area contributed by atoms with E-state index in [2.05, 4.69) is 24.9 Å². The molecule has 27 heavy (non-hydrogen) atoms. The second-order valence-corrected chi connectivity index (χ2v) is 6.13. The fourth-order valence-electron chi connectivity index (χ4n) is 3.36. The Morgan fingerprint density at radius 3 is 2.48 bits per heavy atom. The first-order valence-corrected chi connectivity index (χ1v) is 8.23. The zero-order valence-corrected chi connectivity index (χ0v) is 14.1. The summed E-state index contributed by atoms with van der Waals surface area (Å²) in [4.78, 5) is 31.9. The maximum absolute atomic E-state index is 12.4. The van der Waals surface area contributed by atoms with E-state index in [1.54, 1.807) is 18.5 Å². The SMILES string of the molecule is NC(C(=O)O)(c1ccncn1)C(c1ccncn1)c1c[nH]c2ccccc12. The molecule has 3 heterocycles. The maximum Gasteiger partial charge on any atom is 0.331 e. The normalized spacial score (nSPS) is 14.6. The lowest BCUT2D eigenvalue weighted by molar-refractivity contribution is -0.144. The van der Waals surface area contributed by atoms with E-state index in [-0.39, 0.29) is 5.69 Å². The highest BCUT2D eigenvalue weighted by Crippen LogP contribution is 2.41. The number of fused-ring (bicyclic) bond motifs is 1. The van der Waals surface area contributed by atoms with E-state index in [0.717, 1.165) is 10.9 Å². The number of carboxylic acid groups (broad SMARTS) is 1. The zero-order valence-electron chi connectivity index (χ0n) is 14.1. The monoisotopic (exact) mass is 360 g/mol. The average Bonchev–Trinajstić information content (AvgIpc) is 3.13. The van der Waals surface area contributed by atoms with Gasteiger partial charge in [-0.05, 0) is 23.8 Å². The zero-order chi connectivity index (χ0) is 18.9. The van der Waals surface area contributed by atoms with E-state index in [0.29, 0.717) is 11.3 Å². The maximum atomic E-state index is 12.4. The van der Waals surface area contributed by atoms with Crippen molar-refractivity contribution >= 4 is 16.9 Å². The van der Waals surface area contributed by atoms with Crippen LogP contribution in [0.3, 0.4) is 0 Å². The Kier molecular flexibility index (Phi) is 4.09. The molecular weight excluding hydrogens is 344 g/mol. The Labute approximate surface area is 154 Å². The highest BCUT2D eigenvalue weighted by molar-refractivity contribution is 5.88. The molecular formula is C19H16N6O2. The summed E-state index contributed by atoms with van der Waals surface area (Å²) in [5.74, 6) is -2.01. The van der Waals surface area contributed by atoms with E-state index >= 15 is 0 Å². The number of para-hydroxylation sites is 1. The van der Waals surface area contributed by atoms with Gasteiger partial charge in [0, 0.05) is 29.5 Å². The molecule has 2 unspecified atom stereocenters. The first-order valence-electron chi connectivity index (χ1n) is 8.23. The van der Waals surface area contributed by atoms with E-state index in [1.807, 2.05) is 24.3 Å². The van der Waals surface area contributed by atoms with Crippen molar-refractivity contribution in [2.45, 2.75) is 11.5 Å². The lowest BCUT2D eigenvalue weighted by Crippen LogP contribution is -2.51. The number of nitrogens with zero attached hydrogens (tertiary/aromatic N) is 4. The molecule has 4 N–H and O–H groups in total. The van der Waals surface area contributed by atoms with Crippen LogP contribution in [0, 0.1) is 0 Å². The molecule has 0 fully saturated rings. The van der Waals surface area contributed by atoms with Crippen LogP contribution in [-0.2, 0) is 10.3 Å². The Balaban J connectivity index is 2.02. The topological polar surface area (TPSA) is 131 Å². The number of rotatable bonds is 5. The first kappa shape index (κ1) is 16.8. The lowest BCUT2D eigenvalue weighted by atomic mass is 9.75. The summed E-state index contributed by atoms with van der Waals surface area (Å²) < 4.78 is 0. The lowest BCUT2D eigenvalue weighted by Gasteiger charge is -2.32. The molecule has 0 aliphatic heterocycles. The fourth-order valence-corrected chi connectivity index (χ4v) is 3.36.